The molecule has 0 unspecified atom stereocenters. The summed E-state index contributed by atoms with van der Waals surface area (Å²) < 4.78 is 10.7. The van der Waals surface area contributed by atoms with Crippen LogP contribution in [0.15, 0.2) is 45.0 Å². The fraction of sp³-hybridized carbons (Fsp3) is 0.429. The van der Waals surface area contributed by atoms with Gasteiger partial charge in [0.25, 0.3) is 0 Å². The van der Waals surface area contributed by atoms with Crippen molar-refractivity contribution in [2.75, 3.05) is 19.7 Å². The van der Waals surface area contributed by atoms with Crippen molar-refractivity contribution in [3.63, 3.8) is 0 Å². The molecule has 2 heterocycles. The van der Waals surface area contributed by atoms with Gasteiger partial charge in [0.1, 0.15) is 25.1 Å². The average molecular weight is 459 g/mol. The maximum Gasteiger partial charge on any atom is 0.315 e. The molecule has 11 heteroatoms. The van der Waals surface area contributed by atoms with E-state index in [1.807, 2.05) is 17.5 Å². The molecular formula is C21H26N6O4S. The first-order valence-corrected chi connectivity index (χ1v) is 11.2. The molecule has 1 fully saturated rings. The minimum atomic E-state index is -0.468. The molecule has 0 radical (unpaired) electrons. The monoisotopic (exact) mass is 458 g/mol. The molecule has 1 aliphatic rings. The Hall–Kier alpha value is -3.34. The van der Waals surface area contributed by atoms with Crippen molar-refractivity contribution in [2.45, 2.75) is 38.7 Å². The first-order valence-electron chi connectivity index (χ1n) is 10.3. The number of thiazole rings is 1. The van der Waals surface area contributed by atoms with Crippen molar-refractivity contribution < 1.29 is 19.1 Å². The number of hydrogen-bond donors (Lipinski definition) is 1. The van der Waals surface area contributed by atoms with Crippen LogP contribution >= 0.6 is 11.3 Å². The van der Waals surface area contributed by atoms with Gasteiger partial charge in [0, 0.05) is 24.4 Å². The van der Waals surface area contributed by atoms with E-state index in [-0.39, 0.29) is 18.9 Å². The highest BCUT2D eigenvalue weighted by molar-refractivity contribution is 7.09. The van der Waals surface area contributed by atoms with E-state index in [9.17, 15) is 9.59 Å². The van der Waals surface area contributed by atoms with Gasteiger partial charge in [-0.15, -0.1) is 16.5 Å². The number of nitrogens with two attached hydrogens (primary N) is 1. The van der Waals surface area contributed by atoms with Crippen molar-refractivity contribution in [1.82, 2.24) is 9.88 Å². The molecule has 0 atom stereocenters. The number of nitrogens with zero attached hydrogens (tertiary/aromatic N) is 5. The standard InChI is InChI=1S/C21H26N6O4S/c1-2-30-20(29)11-19(28)27-9-7-15(8-10-27)21-25-17(13-32-21)12-31-18-5-3-16(4-6-18)23-14-24-26-22/h3-6,13-15H,2,7-12H2,1H3,(H2,22,23,24). The van der Waals surface area contributed by atoms with Crippen LogP contribution in [-0.2, 0) is 20.9 Å². The number of ether oxygens (including phenoxy) is 2. The zero-order chi connectivity index (χ0) is 22.8. The number of carbonyl (C=O) groups is 2. The summed E-state index contributed by atoms with van der Waals surface area (Å²) in [6.45, 7) is 3.63. The van der Waals surface area contributed by atoms with E-state index in [4.69, 9.17) is 20.3 Å². The number of rotatable bonds is 9. The van der Waals surface area contributed by atoms with Gasteiger partial charge in [0.15, 0.2) is 0 Å². The topological polar surface area (TPSA) is 132 Å². The lowest BCUT2D eigenvalue weighted by molar-refractivity contribution is -0.149. The number of piperidine rings is 1. The quantitative estimate of drug-likeness (QED) is 0.117. The lowest BCUT2D eigenvalue weighted by Crippen LogP contribution is -2.39. The van der Waals surface area contributed by atoms with Crippen LogP contribution in [0.2, 0.25) is 0 Å². The number of benzene rings is 1. The number of esters is 1. The summed E-state index contributed by atoms with van der Waals surface area (Å²) in [6, 6.07) is 7.26. The fourth-order valence-electron chi connectivity index (χ4n) is 3.31. The Morgan fingerprint density at radius 2 is 2.03 bits per heavy atom. The van der Waals surface area contributed by atoms with Gasteiger partial charge in [-0.3, -0.25) is 9.59 Å². The van der Waals surface area contributed by atoms with Crippen LogP contribution in [0.1, 0.15) is 42.8 Å². The Bertz CT molecular complexity index is 951. The maximum atomic E-state index is 12.2. The van der Waals surface area contributed by atoms with Crippen LogP contribution in [-0.4, -0.2) is 47.8 Å². The molecule has 0 aliphatic carbocycles. The molecule has 1 saturated heterocycles. The summed E-state index contributed by atoms with van der Waals surface area (Å²) in [6.07, 6.45) is 2.74. The van der Waals surface area contributed by atoms with Crippen molar-refractivity contribution in [2.24, 2.45) is 21.2 Å². The summed E-state index contributed by atoms with van der Waals surface area (Å²) in [7, 11) is 0. The minimum absolute atomic E-state index is 0.171. The van der Waals surface area contributed by atoms with Gasteiger partial charge in [-0.1, -0.05) is 5.22 Å². The number of aromatic nitrogens is 1. The van der Waals surface area contributed by atoms with Gasteiger partial charge in [0.05, 0.1) is 23.0 Å². The molecule has 1 amide bonds. The third-order valence-electron chi connectivity index (χ3n) is 4.92. The van der Waals surface area contributed by atoms with Crippen LogP contribution < -0.4 is 10.6 Å². The molecular weight excluding hydrogens is 432 g/mol. The summed E-state index contributed by atoms with van der Waals surface area (Å²) >= 11 is 1.61. The van der Waals surface area contributed by atoms with Crippen LogP contribution in [0.4, 0.5) is 5.69 Å². The van der Waals surface area contributed by atoms with Gasteiger partial charge in [-0.2, -0.15) is 0 Å². The van der Waals surface area contributed by atoms with E-state index < -0.39 is 5.97 Å². The molecule has 0 bridgehead atoms. The molecule has 0 saturated carbocycles. The Balaban J connectivity index is 1.45. The predicted molar refractivity (Wildman–Crippen MR) is 120 cm³/mol. The average Bonchev–Trinajstić information content (AvgIpc) is 3.28. The second kappa shape index (κ2) is 11.9. The highest BCUT2D eigenvalue weighted by atomic mass is 32.1. The largest absolute Gasteiger partial charge is 0.487 e. The van der Waals surface area contributed by atoms with E-state index in [0.29, 0.717) is 37.1 Å². The molecule has 1 aliphatic heterocycles. The van der Waals surface area contributed by atoms with E-state index in [1.54, 1.807) is 35.3 Å². The smallest absolute Gasteiger partial charge is 0.315 e. The number of amides is 1. The number of carbonyl (C=O) groups excluding carboxylic acids is 2. The Kier molecular flexibility index (Phi) is 8.67. The van der Waals surface area contributed by atoms with E-state index >= 15 is 0 Å². The molecule has 3 rings (SSSR count). The Morgan fingerprint density at radius 3 is 2.72 bits per heavy atom. The molecule has 32 heavy (non-hydrogen) atoms. The molecule has 1 aromatic carbocycles. The zero-order valence-corrected chi connectivity index (χ0v) is 18.7. The third-order valence-corrected chi connectivity index (χ3v) is 5.97. The van der Waals surface area contributed by atoms with Crippen molar-refractivity contribution in [3.05, 3.63) is 40.3 Å². The van der Waals surface area contributed by atoms with Gasteiger partial charge in [-0.25, -0.2) is 9.98 Å². The van der Waals surface area contributed by atoms with Crippen LogP contribution in [0.5, 0.6) is 5.75 Å². The summed E-state index contributed by atoms with van der Waals surface area (Å²) in [5.74, 6) is 5.30. The third kappa shape index (κ3) is 6.84. The number of likely N-dealkylation sites (tertiary alicyclic amines) is 1. The molecule has 0 spiro atoms. The predicted octanol–water partition coefficient (Wildman–Crippen LogP) is 3.37. The molecule has 170 valence electrons. The minimum Gasteiger partial charge on any atom is -0.487 e. The first-order chi connectivity index (χ1) is 15.6. The van der Waals surface area contributed by atoms with Gasteiger partial charge in [0.2, 0.25) is 5.91 Å². The van der Waals surface area contributed by atoms with E-state index in [2.05, 4.69) is 15.3 Å². The van der Waals surface area contributed by atoms with Crippen molar-refractivity contribution >= 4 is 35.2 Å². The van der Waals surface area contributed by atoms with E-state index in [0.717, 1.165) is 23.5 Å². The lowest BCUT2D eigenvalue weighted by atomic mass is 9.97. The Morgan fingerprint density at radius 1 is 1.28 bits per heavy atom. The normalized spacial score (nSPS) is 14.8. The lowest BCUT2D eigenvalue weighted by Gasteiger charge is -2.31. The van der Waals surface area contributed by atoms with Gasteiger partial charge >= 0.3 is 5.97 Å². The van der Waals surface area contributed by atoms with Crippen molar-refractivity contribution in [1.29, 1.82) is 0 Å². The maximum absolute atomic E-state index is 12.2. The first kappa shape index (κ1) is 23.3. The second-order valence-corrected chi connectivity index (χ2v) is 7.96. The fourth-order valence-corrected chi connectivity index (χ4v) is 4.28. The number of aliphatic imine (C=N–C) groups is 1. The SMILES string of the molecule is CCOC(=O)CC(=O)N1CCC(c2nc(COc3ccc(N=CN=NN)cc3)cs2)CC1. The van der Waals surface area contributed by atoms with Gasteiger partial charge in [-0.05, 0) is 44.0 Å². The molecule has 1 aromatic heterocycles. The Labute approximate surface area is 190 Å². The van der Waals surface area contributed by atoms with Crippen LogP contribution in [0.3, 0.4) is 0 Å². The molecule has 2 aromatic rings. The highest BCUT2D eigenvalue weighted by Crippen LogP contribution is 2.31. The summed E-state index contributed by atoms with van der Waals surface area (Å²) in [5, 5.41) is 9.64. The summed E-state index contributed by atoms with van der Waals surface area (Å²) in [4.78, 5) is 34.2. The molecule has 10 nitrogen and oxygen atoms in total. The highest BCUT2D eigenvalue weighted by Gasteiger charge is 2.27. The van der Waals surface area contributed by atoms with E-state index in [1.165, 1.54) is 6.34 Å². The van der Waals surface area contributed by atoms with Gasteiger partial charge < -0.3 is 20.2 Å². The van der Waals surface area contributed by atoms with Crippen LogP contribution in [0, 0.1) is 0 Å². The number of hydrogen-bond acceptors (Lipinski definition) is 8. The summed E-state index contributed by atoms with van der Waals surface area (Å²) in [5.41, 5.74) is 1.59. The van der Waals surface area contributed by atoms with Crippen LogP contribution in [0.25, 0.3) is 0 Å². The van der Waals surface area contributed by atoms with Crippen molar-refractivity contribution in [3.8, 4) is 5.75 Å². The molecule has 2 N–H and O–H groups in total. The zero-order valence-electron chi connectivity index (χ0n) is 17.8. The second-order valence-electron chi connectivity index (χ2n) is 7.07.